The minimum atomic E-state index is -0.793. The summed E-state index contributed by atoms with van der Waals surface area (Å²) in [4.78, 5) is 31.8. The van der Waals surface area contributed by atoms with E-state index in [2.05, 4.69) is 37.9 Å². The maximum Gasteiger partial charge on any atom is 0.257 e. The number of hydrogen-bond acceptors (Lipinski definition) is 5. The van der Waals surface area contributed by atoms with Gasteiger partial charge in [0, 0.05) is 38.8 Å². The van der Waals surface area contributed by atoms with E-state index in [1.165, 1.54) is 7.11 Å². The number of nitrogens with one attached hydrogen (secondary N) is 1. The lowest BCUT2D eigenvalue weighted by Gasteiger charge is -2.38. The molecule has 1 aliphatic rings. The van der Waals surface area contributed by atoms with Crippen LogP contribution in [0.4, 0.5) is 0 Å². The number of methoxy groups -OCH3 is 1. The number of nitrogens with zero attached hydrogens (tertiary/aromatic N) is 2. The zero-order valence-electron chi connectivity index (χ0n) is 24.9. The standard InChI is InChI=1S/C34H43N3O4/c1-24(2)36(25(3)4)21-19-35-33(38)31-30-17-16-29(41-23-26-12-8-6-9-13-26)22-28(30)18-20-37(31)34(39)32(40-5)27-14-10-7-11-15-27/h6-17,22,24-25,31-32H,18-21,23H2,1-5H3,(H,35,38). The number of ether oxygens (including phenoxy) is 2. The van der Waals surface area contributed by atoms with Crippen LogP contribution in [0.5, 0.6) is 5.75 Å². The van der Waals surface area contributed by atoms with Gasteiger partial charge in [-0.1, -0.05) is 66.7 Å². The molecule has 2 atom stereocenters. The van der Waals surface area contributed by atoms with E-state index in [1.807, 2.05) is 78.9 Å². The highest BCUT2D eigenvalue weighted by molar-refractivity contribution is 5.91. The molecular weight excluding hydrogens is 514 g/mol. The number of carbonyl (C=O) groups excluding carboxylic acids is 2. The average Bonchev–Trinajstić information content (AvgIpc) is 2.98. The largest absolute Gasteiger partial charge is 0.489 e. The van der Waals surface area contributed by atoms with E-state index in [1.54, 1.807) is 4.90 Å². The van der Waals surface area contributed by atoms with Crippen LogP contribution in [-0.4, -0.2) is 60.4 Å². The maximum absolute atomic E-state index is 13.9. The monoisotopic (exact) mass is 557 g/mol. The highest BCUT2D eigenvalue weighted by Crippen LogP contribution is 2.35. The molecule has 0 aromatic heterocycles. The summed E-state index contributed by atoms with van der Waals surface area (Å²) < 4.78 is 11.7. The maximum atomic E-state index is 13.9. The molecule has 41 heavy (non-hydrogen) atoms. The van der Waals surface area contributed by atoms with Gasteiger partial charge in [0.1, 0.15) is 18.4 Å². The second-order valence-electron chi connectivity index (χ2n) is 11.1. The van der Waals surface area contributed by atoms with Crippen LogP contribution in [0.3, 0.4) is 0 Å². The minimum absolute atomic E-state index is 0.187. The fourth-order valence-electron chi connectivity index (χ4n) is 5.63. The lowest BCUT2D eigenvalue weighted by atomic mass is 9.90. The molecule has 2 unspecified atom stereocenters. The summed E-state index contributed by atoms with van der Waals surface area (Å²) >= 11 is 0. The molecule has 2 amide bonds. The molecule has 0 fully saturated rings. The van der Waals surface area contributed by atoms with Crippen molar-refractivity contribution in [2.75, 3.05) is 26.7 Å². The summed E-state index contributed by atoms with van der Waals surface area (Å²) in [5, 5.41) is 3.13. The van der Waals surface area contributed by atoms with Crippen molar-refractivity contribution < 1.29 is 19.1 Å². The van der Waals surface area contributed by atoms with Crippen LogP contribution in [0.2, 0.25) is 0 Å². The van der Waals surface area contributed by atoms with Crippen LogP contribution in [0.15, 0.2) is 78.9 Å². The van der Waals surface area contributed by atoms with Crippen LogP contribution in [0, 0.1) is 0 Å². The quantitative estimate of drug-likeness (QED) is 0.327. The van der Waals surface area contributed by atoms with Crippen molar-refractivity contribution in [3.8, 4) is 5.75 Å². The van der Waals surface area contributed by atoms with Gasteiger partial charge < -0.3 is 19.7 Å². The van der Waals surface area contributed by atoms with Gasteiger partial charge in [0.15, 0.2) is 6.10 Å². The van der Waals surface area contributed by atoms with Crippen molar-refractivity contribution in [2.24, 2.45) is 0 Å². The molecule has 0 bridgehead atoms. The van der Waals surface area contributed by atoms with Gasteiger partial charge in [-0.2, -0.15) is 0 Å². The third-order valence-corrected chi connectivity index (χ3v) is 7.68. The van der Waals surface area contributed by atoms with Crippen molar-refractivity contribution in [1.82, 2.24) is 15.1 Å². The van der Waals surface area contributed by atoms with Crippen LogP contribution in [0.1, 0.15) is 62.1 Å². The third kappa shape index (κ3) is 7.54. The lowest BCUT2D eigenvalue weighted by Crippen LogP contribution is -2.50. The van der Waals surface area contributed by atoms with Gasteiger partial charge >= 0.3 is 0 Å². The first-order valence-corrected chi connectivity index (χ1v) is 14.5. The fourth-order valence-corrected chi connectivity index (χ4v) is 5.63. The predicted molar refractivity (Wildman–Crippen MR) is 162 cm³/mol. The molecule has 7 heteroatoms. The van der Waals surface area contributed by atoms with Crippen LogP contribution >= 0.6 is 0 Å². The average molecular weight is 558 g/mol. The zero-order valence-corrected chi connectivity index (χ0v) is 24.9. The molecule has 1 N–H and O–H groups in total. The Hall–Kier alpha value is -3.68. The summed E-state index contributed by atoms with van der Waals surface area (Å²) in [5.41, 5.74) is 3.68. The van der Waals surface area contributed by atoms with Gasteiger partial charge in [0.05, 0.1) is 0 Å². The van der Waals surface area contributed by atoms with E-state index in [4.69, 9.17) is 9.47 Å². The molecule has 0 saturated carbocycles. The van der Waals surface area contributed by atoms with Gasteiger partial charge in [-0.05, 0) is 68.5 Å². The summed E-state index contributed by atoms with van der Waals surface area (Å²) in [5.74, 6) is 0.336. The number of fused-ring (bicyclic) bond motifs is 1. The molecule has 1 heterocycles. The third-order valence-electron chi connectivity index (χ3n) is 7.68. The van der Waals surface area contributed by atoms with Gasteiger partial charge in [-0.25, -0.2) is 0 Å². The molecule has 7 nitrogen and oxygen atoms in total. The van der Waals surface area contributed by atoms with E-state index in [-0.39, 0.29) is 11.8 Å². The molecule has 1 aliphatic heterocycles. The van der Waals surface area contributed by atoms with Gasteiger partial charge in [0.25, 0.3) is 5.91 Å². The Morgan fingerprint density at radius 3 is 2.24 bits per heavy atom. The van der Waals surface area contributed by atoms with Crippen molar-refractivity contribution in [3.05, 3.63) is 101 Å². The molecular formula is C34H43N3O4. The number of amides is 2. The molecule has 4 rings (SSSR count). The highest BCUT2D eigenvalue weighted by Gasteiger charge is 2.39. The van der Waals surface area contributed by atoms with E-state index in [0.29, 0.717) is 38.2 Å². The predicted octanol–water partition coefficient (Wildman–Crippen LogP) is 5.31. The Balaban J connectivity index is 1.58. The first kappa shape index (κ1) is 30.3. The van der Waals surface area contributed by atoms with Crippen LogP contribution in [-0.2, 0) is 27.4 Å². The normalized spacial score (nSPS) is 15.6. The number of benzene rings is 3. The Bertz CT molecular complexity index is 1270. The molecule has 0 spiro atoms. The van der Waals surface area contributed by atoms with Crippen LogP contribution < -0.4 is 10.1 Å². The Labute approximate surface area is 244 Å². The highest BCUT2D eigenvalue weighted by atomic mass is 16.5. The number of rotatable bonds is 12. The number of carbonyl (C=O) groups is 2. The van der Waals surface area contributed by atoms with Gasteiger partial charge in [-0.3, -0.25) is 14.5 Å². The van der Waals surface area contributed by atoms with Crippen molar-refractivity contribution in [1.29, 1.82) is 0 Å². The molecule has 0 radical (unpaired) electrons. The topological polar surface area (TPSA) is 71.1 Å². The second-order valence-corrected chi connectivity index (χ2v) is 11.1. The van der Waals surface area contributed by atoms with E-state index in [0.717, 1.165) is 34.5 Å². The van der Waals surface area contributed by atoms with Gasteiger partial charge in [-0.15, -0.1) is 0 Å². The zero-order chi connectivity index (χ0) is 29.4. The Morgan fingerprint density at radius 1 is 0.951 bits per heavy atom. The fraction of sp³-hybridized carbons (Fsp3) is 0.412. The lowest BCUT2D eigenvalue weighted by molar-refractivity contribution is -0.150. The minimum Gasteiger partial charge on any atom is -0.489 e. The summed E-state index contributed by atoms with van der Waals surface area (Å²) in [6.07, 6.45) is -0.175. The molecule has 3 aromatic rings. The molecule has 3 aromatic carbocycles. The van der Waals surface area contributed by atoms with Gasteiger partial charge in [0.2, 0.25) is 5.91 Å². The van der Waals surface area contributed by atoms with E-state index < -0.39 is 12.1 Å². The summed E-state index contributed by atoms with van der Waals surface area (Å²) in [6.45, 7) is 10.7. The molecule has 218 valence electrons. The first-order chi connectivity index (χ1) is 19.8. The van der Waals surface area contributed by atoms with E-state index >= 15 is 0 Å². The SMILES string of the molecule is COC(C(=O)N1CCc2cc(OCc3ccccc3)ccc2C1C(=O)NCCN(C(C)C)C(C)C)c1ccccc1. The van der Waals surface area contributed by atoms with Crippen LogP contribution in [0.25, 0.3) is 0 Å². The molecule has 0 aliphatic carbocycles. The first-order valence-electron chi connectivity index (χ1n) is 14.5. The Morgan fingerprint density at radius 2 is 1.61 bits per heavy atom. The van der Waals surface area contributed by atoms with E-state index in [9.17, 15) is 9.59 Å². The molecule has 0 saturated heterocycles. The van der Waals surface area contributed by atoms with Crippen molar-refractivity contribution in [2.45, 2.75) is 65.0 Å². The summed E-state index contributed by atoms with van der Waals surface area (Å²) in [6, 6.07) is 25.2. The summed E-state index contributed by atoms with van der Waals surface area (Å²) in [7, 11) is 1.53. The van der Waals surface area contributed by atoms with Crippen molar-refractivity contribution in [3.63, 3.8) is 0 Å². The second kappa shape index (κ2) is 14.3. The Kier molecular flexibility index (Phi) is 10.6. The number of hydrogen-bond donors (Lipinski definition) is 1. The smallest absolute Gasteiger partial charge is 0.257 e. The van der Waals surface area contributed by atoms with Crippen molar-refractivity contribution >= 4 is 11.8 Å².